The molecule has 6 rings (SSSR count). The summed E-state index contributed by atoms with van der Waals surface area (Å²) in [5.41, 5.74) is 15.1. The smallest absolute Gasteiger partial charge is 0.0200 e. The average molecular weight is 755 g/mol. The van der Waals surface area contributed by atoms with Gasteiger partial charge in [0, 0.05) is 0 Å². The summed E-state index contributed by atoms with van der Waals surface area (Å²) in [6.45, 7) is 26.4. The zero-order chi connectivity index (χ0) is 33.9. The molecule has 0 heterocycles. The Balaban J connectivity index is 0.000000396. The van der Waals surface area contributed by atoms with E-state index in [1.54, 1.807) is 24.2 Å². The molecular weight excluding hydrogens is 703 g/mol. The van der Waals surface area contributed by atoms with Crippen LogP contribution in [0.5, 0.6) is 0 Å². The Hall–Kier alpha value is -2.44. The van der Waals surface area contributed by atoms with Crippen LogP contribution >= 0.6 is 0 Å². The quantitative estimate of drug-likeness (QED) is 0.174. The van der Waals surface area contributed by atoms with Crippen LogP contribution in [-0.4, -0.2) is 3.21 Å². The topological polar surface area (TPSA) is 0 Å². The van der Waals surface area contributed by atoms with E-state index in [1.807, 2.05) is 0 Å². The number of benzene rings is 4. The number of hydrogen-bond donors (Lipinski definition) is 0. The minimum Gasteiger partial charge on any atom is -1.00 e. The van der Waals surface area contributed by atoms with E-state index in [1.165, 1.54) is 92.4 Å². The van der Waals surface area contributed by atoms with Crippen LogP contribution in [0.25, 0.3) is 43.8 Å². The van der Waals surface area contributed by atoms with Gasteiger partial charge < -0.3 is 24.8 Å². The first kappa shape index (κ1) is 41.7. The minimum atomic E-state index is 0. The molecule has 1 unspecified atom stereocenters. The third kappa shape index (κ3) is 10.1. The van der Waals surface area contributed by atoms with E-state index >= 15 is 0 Å². The second-order valence-electron chi connectivity index (χ2n) is 14.5. The first-order valence-electron chi connectivity index (χ1n) is 16.7. The number of allylic oxidation sites excluding steroid dienone is 4. The van der Waals surface area contributed by atoms with Crippen molar-refractivity contribution in [3.8, 4) is 22.3 Å². The van der Waals surface area contributed by atoms with Crippen molar-refractivity contribution in [2.75, 3.05) is 0 Å². The van der Waals surface area contributed by atoms with Crippen molar-refractivity contribution in [2.45, 2.75) is 89.5 Å². The second-order valence-corrected chi connectivity index (χ2v) is 17.0. The van der Waals surface area contributed by atoms with Gasteiger partial charge in [0.15, 0.2) is 0 Å². The largest absolute Gasteiger partial charge is 1.00 e. The summed E-state index contributed by atoms with van der Waals surface area (Å²) >= 11 is 1.55. The maximum Gasteiger partial charge on any atom is -0.0200 e. The standard InChI is InChI=1S/C31H29.C11H17.C3H6.2ClH.Zr/c1-18-11-20(3)30(21(4)12-18)24-7-9-28-26(15-24)17-27-16-25(8-10-29(27)28)31-22(5)13-19(2)14-23(31)6;1-5-9-6-7-10(8-9)11(2,3)4;1-3-2;;;/h7-17H,1-6H3;7-9H,5H2,1-4H3;1-2H3;2*1H;/q2*-1;;;;+2/p-2. The predicted molar refractivity (Wildman–Crippen MR) is 202 cm³/mol. The molecule has 5 aromatic carbocycles. The molecule has 0 fully saturated rings. The van der Waals surface area contributed by atoms with Crippen molar-refractivity contribution >= 4 is 24.8 Å². The first-order valence-corrected chi connectivity index (χ1v) is 17.9. The molecule has 0 aliphatic heterocycles. The van der Waals surface area contributed by atoms with Crippen LogP contribution in [0.3, 0.4) is 0 Å². The summed E-state index contributed by atoms with van der Waals surface area (Å²) in [6, 6.07) is 25.4. The predicted octanol–water partition coefficient (Wildman–Crippen LogP) is 7.01. The van der Waals surface area contributed by atoms with Gasteiger partial charge in [-0.1, -0.05) is 116 Å². The fourth-order valence-corrected chi connectivity index (χ4v) is 6.82. The molecule has 0 radical (unpaired) electrons. The third-order valence-electron chi connectivity index (χ3n) is 8.78. The van der Waals surface area contributed by atoms with Gasteiger partial charge in [0.05, 0.1) is 0 Å². The SMILES string of the molecule is CCC1[C-]=CC(C(C)(C)C)=C1.C[C](C)=[Zr+2].Cc1cc(C)c(-c2ccc3c(c2)[cH-]c2cc(-c4c(C)cc(C)cc4C)ccc23)c(C)c1.[Cl-].[Cl-]. The van der Waals surface area contributed by atoms with Gasteiger partial charge in [-0.15, -0.1) is 39.7 Å². The molecule has 0 saturated heterocycles. The van der Waals surface area contributed by atoms with E-state index in [2.05, 4.69) is 168 Å². The van der Waals surface area contributed by atoms with Crippen molar-refractivity contribution in [1.82, 2.24) is 0 Å². The molecule has 0 spiro atoms. The molecule has 252 valence electrons. The van der Waals surface area contributed by atoms with E-state index in [9.17, 15) is 0 Å². The first-order chi connectivity index (χ1) is 21.6. The van der Waals surface area contributed by atoms with Gasteiger partial charge in [0.1, 0.15) is 0 Å². The molecule has 3 heteroatoms. The van der Waals surface area contributed by atoms with Gasteiger partial charge in [-0.25, -0.2) is 6.08 Å². The van der Waals surface area contributed by atoms with Crippen molar-refractivity contribution < 1.29 is 49.0 Å². The van der Waals surface area contributed by atoms with E-state index in [0.29, 0.717) is 11.3 Å². The van der Waals surface area contributed by atoms with Crippen molar-refractivity contribution in [3.05, 3.63) is 124 Å². The molecule has 0 bridgehead atoms. The van der Waals surface area contributed by atoms with Gasteiger partial charge in [-0.05, 0) is 74.9 Å². The Bertz CT molecular complexity index is 1800. The number of hydrogen-bond acceptors (Lipinski definition) is 0. The van der Waals surface area contributed by atoms with Crippen LogP contribution in [0.1, 0.15) is 81.3 Å². The molecule has 5 aromatic rings. The Kier molecular flexibility index (Phi) is 15.2. The zero-order valence-corrected chi connectivity index (χ0v) is 35.0. The van der Waals surface area contributed by atoms with Crippen molar-refractivity contribution in [2.24, 2.45) is 11.3 Å². The monoisotopic (exact) mass is 752 g/mol. The summed E-state index contributed by atoms with van der Waals surface area (Å²) in [5, 5.41) is 5.32. The molecule has 0 N–H and O–H groups in total. The number of halogens is 2. The summed E-state index contributed by atoms with van der Waals surface area (Å²) in [4.78, 5) is 0. The molecule has 1 atom stereocenters. The summed E-state index contributed by atoms with van der Waals surface area (Å²) in [5.74, 6) is 0.573. The van der Waals surface area contributed by atoms with Crippen LogP contribution < -0.4 is 24.8 Å². The van der Waals surface area contributed by atoms with Crippen LogP contribution in [0.15, 0.2) is 84.5 Å². The third-order valence-corrected chi connectivity index (χ3v) is 8.78. The van der Waals surface area contributed by atoms with Crippen molar-refractivity contribution in [1.29, 1.82) is 0 Å². The summed E-state index contributed by atoms with van der Waals surface area (Å²) in [6.07, 6.45) is 9.00. The fourth-order valence-electron chi connectivity index (χ4n) is 6.82. The van der Waals surface area contributed by atoms with Gasteiger partial charge in [0.2, 0.25) is 0 Å². The van der Waals surface area contributed by atoms with Crippen LogP contribution in [0.2, 0.25) is 0 Å². The molecule has 0 aromatic heterocycles. The Morgan fingerprint density at radius 1 is 0.688 bits per heavy atom. The van der Waals surface area contributed by atoms with Gasteiger partial charge in [-0.3, -0.25) is 6.08 Å². The van der Waals surface area contributed by atoms with E-state index in [4.69, 9.17) is 0 Å². The molecule has 48 heavy (non-hydrogen) atoms. The van der Waals surface area contributed by atoms with E-state index in [-0.39, 0.29) is 24.8 Å². The maximum absolute atomic E-state index is 3.35. The summed E-state index contributed by atoms with van der Waals surface area (Å²) < 4.78 is 1.51. The van der Waals surface area contributed by atoms with Crippen molar-refractivity contribution in [3.63, 3.8) is 0 Å². The van der Waals surface area contributed by atoms with Crippen LogP contribution in [-0.2, 0) is 24.2 Å². The minimum absolute atomic E-state index is 0. The van der Waals surface area contributed by atoms with Gasteiger partial charge in [0.25, 0.3) is 0 Å². The number of fused-ring (bicyclic) bond motifs is 3. The molecule has 1 aliphatic rings. The Morgan fingerprint density at radius 2 is 1.06 bits per heavy atom. The van der Waals surface area contributed by atoms with Gasteiger partial charge in [-0.2, -0.15) is 11.6 Å². The van der Waals surface area contributed by atoms with Gasteiger partial charge >= 0.3 is 41.3 Å². The van der Waals surface area contributed by atoms with E-state index < -0.39 is 0 Å². The number of rotatable bonds is 3. The van der Waals surface area contributed by atoms with E-state index in [0.717, 1.165) is 0 Å². The zero-order valence-electron chi connectivity index (χ0n) is 31.0. The molecule has 0 nitrogen and oxygen atoms in total. The average Bonchev–Trinajstić information content (AvgIpc) is 3.56. The maximum atomic E-state index is 3.35. The fraction of sp³-hybridized carbons (Fsp3) is 0.333. The second kappa shape index (κ2) is 17.5. The molecule has 1 aliphatic carbocycles. The normalized spacial score (nSPS) is 13.5. The molecule has 0 amide bonds. The Morgan fingerprint density at radius 3 is 1.35 bits per heavy atom. The number of aryl methyl sites for hydroxylation is 6. The molecule has 0 saturated carbocycles. The van der Waals surface area contributed by atoms with Crippen LogP contribution in [0.4, 0.5) is 0 Å². The van der Waals surface area contributed by atoms with Crippen LogP contribution in [0, 0.1) is 59.0 Å². The molecular formula is C45H52Cl2Zr-2. The Labute approximate surface area is 318 Å². The summed E-state index contributed by atoms with van der Waals surface area (Å²) in [7, 11) is 0.